The smallest absolute Gasteiger partial charge is 0.363 e. The van der Waals surface area contributed by atoms with E-state index >= 15 is 0 Å². The highest BCUT2D eigenvalue weighted by molar-refractivity contribution is 6.12. The van der Waals surface area contributed by atoms with Crippen LogP contribution in [0.3, 0.4) is 0 Å². The average Bonchev–Trinajstić information content (AvgIpc) is 3.10. The fourth-order valence-electron chi connectivity index (χ4n) is 3.05. The second kappa shape index (κ2) is 10.1. The van der Waals surface area contributed by atoms with Gasteiger partial charge in [-0.1, -0.05) is 39.0 Å². The highest BCUT2D eigenvalue weighted by Gasteiger charge is 2.24. The number of benzene rings is 2. The van der Waals surface area contributed by atoms with Crippen LogP contribution in [0.1, 0.15) is 63.1 Å². The van der Waals surface area contributed by atoms with Gasteiger partial charge < -0.3 is 14.2 Å². The van der Waals surface area contributed by atoms with E-state index in [0.717, 1.165) is 5.56 Å². The Labute approximate surface area is 182 Å². The third-order valence-corrected chi connectivity index (χ3v) is 4.69. The molecule has 0 fully saturated rings. The molecule has 2 aromatic carbocycles. The number of nitrogens with zero attached hydrogens (tertiary/aromatic N) is 1. The van der Waals surface area contributed by atoms with Gasteiger partial charge in [-0.15, -0.1) is 0 Å². The van der Waals surface area contributed by atoms with Crippen LogP contribution < -0.4 is 9.47 Å². The monoisotopic (exact) mass is 421 g/mol. The molecule has 6 heteroatoms. The van der Waals surface area contributed by atoms with Gasteiger partial charge in [-0.25, -0.2) is 9.79 Å². The molecule has 2 aromatic rings. The van der Waals surface area contributed by atoms with E-state index < -0.39 is 5.97 Å². The summed E-state index contributed by atoms with van der Waals surface area (Å²) in [7, 11) is 0. The van der Waals surface area contributed by atoms with Gasteiger partial charge in [0, 0.05) is 12.0 Å². The Morgan fingerprint density at radius 3 is 2.48 bits per heavy atom. The number of esters is 2. The molecular weight excluding hydrogens is 394 g/mol. The van der Waals surface area contributed by atoms with Gasteiger partial charge in [0.05, 0.1) is 6.61 Å². The largest absolute Gasteiger partial charge is 0.490 e. The van der Waals surface area contributed by atoms with Crippen LogP contribution in [-0.2, 0) is 14.3 Å². The molecule has 0 spiro atoms. The quantitative estimate of drug-likeness (QED) is 0.330. The zero-order chi connectivity index (χ0) is 22.4. The normalized spacial score (nSPS) is 14.5. The van der Waals surface area contributed by atoms with Crippen molar-refractivity contribution in [1.29, 1.82) is 0 Å². The van der Waals surface area contributed by atoms with Crippen molar-refractivity contribution in [2.75, 3.05) is 6.61 Å². The lowest BCUT2D eigenvalue weighted by molar-refractivity contribution is -0.134. The lowest BCUT2D eigenvalue weighted by atomic mass is 10.0. The summed E-state index contributed by atoms with van der Waals surface area (Å²) in [6, 6.07) is 12.9. The summed E-state index contributed by atoms with van der Waals surface area (Å²) in [5, 5.41) is 0. The number of aliphatic imine (C=N–C) groups is 1. The first-order chi connectivity index (χ1) is 14.9. The maximum Gasteiger partial charge on any atom is 0.363 e. The molecule has 0 bridgehead atoms. The van der Waals surface area contributed by atoms with Crippen LogP contribution in [0.4, 0.5) is 0 Å². The Morgan fingerprint density at radius 1 is 1.10 bits per heavy atom. The second-order valence-electron chi connectivity index (χ2n) is 7.48. The fourth-order valence-corrected chi connectivity index (χ4v) is 3.05. The van der Waals surface area contributed by atoms with Crippen LogP contribution in [0.15, 0.2) is 53.2 Å². The number of hydrogen-bond donors (Lipinski definition) is 0. The third kappa shape index (κ3) is 5.60. The Bertz CT molecular complexity index is 1020. The predicted octanol–water partition coefficient (Wildman–Crippen LogP) is 5.26. The summed E-state index contributed by atoms with van der Waals surface area (Å²) in [6.45, 7) is 8.41. The number of carbonyl (C=O) groups excluding carboxylic acids is 2. The van der Waals surface area contributed by atoms with E-state index in [1.54, 1.807) is 24.3 Å². The van der Waals surface area contributed by atoms with Crippen LogP contribution in [0.2, 0.25) is 0 Å². The Kier molecular flexibility index (Phi) is 7.23. The van der Waals surface area contributed by atoms with Crippen molar-refractivity contribution in [2.24, 2.45) is 4.99 Å². The summed E-state index contributed by atoms with van der Waals surface area (Å²) in [6.07, 6.45) is 2.66. The zero-order valence-corrected chi connectivity index (χ0v) is 18.3. The van der Waals surface area contributed by atoms with Crippen molar-refractivity contribution in [3.8, 4) is 11.5 Å². The Hall–Kier alpha value is -3.41. The van der Waals surface area contributed by atoms with Crippen LogP contribution in [-0.4, -0.2) is 24.4 Å². The zero-order valence-electron chi connectivity index (χ0n) is 18.3. The van der Waals surface area contributed by atoms with Crippen LogP contribution in [0.25, 0.3) is 6.08 Å². The van der Waals surface area contributed by atoms with Gasteiger partial charge in [-0.3, -0.25) is 4.79 Å². The minimum atomic E-state index is -0.514. The summed E-state index contributed by atoms with van der Waals surface area (Å²) in [5.74, 6) is 0.654. The molecule has 0 N–H and O–H groups in total. The summed E-state index contributed by atoms with van der Waals surface area (Å²) < 4.78 is 16.3. The minimum absolute atomic E-state index is 0.195. The molecule has 0 unspecified atom stereocenters. The molecule has 0 amide bonds. The highest BCUT2D eigenvalue weighted by Crippen LogP contribution is 2.30. The molecule has 0 aliphatic carbocycles. The standard InChI is InChI=1S/C25H27NO5/c1-5-7-23(27)30-21-13-8-17(15-22(21)29-6-2)14-20-25(28)31-24(26-20)19-11-9-18(10-12-19)16(3)4/h8-16H,5-7H2,1-4H3/b20-14-. The van der Waals surface area contributed by atoms with Crippen molar-refractivity contribution >= 4 is 23.9 Å². The first-order valence-corrected chi connectivity index (χ1v) is 10.5. The molecule has 162 valence electrons. The van der Waals surface area contributed by atoms with Gasteiger partial charge in [-0.2, -0.15) is 0 Å². The molecule has 0 saturated heterocycles. The lowest BCUT2D eigenvalue weighted by Crippen LogP contribution is -2.08. The van der Waals surface area contributed by atoms with Crippen LogP contribution in [0.5, 0.6) is 11.5 Å². The van der Waals surface area contributed by atoms with E-state index in [1.165, 1.54) is 5.56 Å². The minimum Gasteiger partial charge on any atom is -0.490 e. The molecular formula is C25H27NO5. The molecule has 0 atom stereocenters. The molecule has 3 rings (SSSR count). The van der Waals surface area contributed by atoms with Crippen molar-refractivity contribution in [2.45, 2.75) is 46.5 Å². The summed E-state index contributed by atoms with van der Waals surface area (Å²) >= 11 is 0. The van der Waals surface area contributed by atoms with E-state index in [0.29, 0.717) is 42.4 Å². The second-order valence-corrected chi connectivity index (χ2v) is 7.48. The maximum atomic E-state index is 12.3. The third-order valence-electron chi connectivity index (χ3n) is 4.69. The van der Waals surface area contributed by atoms with E-state index in [2.05, 4.69) is 18.8 Å². The molecule has 0 radical (unpaired) electrons. The van der Waals surface area contributed by atoms with Crippen molar-refractivity contribution in [3.63, 3.8) is 0 Å². The summed E-state index contributed by atoms with van der Waals surface area (Å²) in [5.41, 5.74) is 2.83. The SMILES string of the molecule is CCCC(=O)Oc1ccc(/C=C2\N=C(c3ccc(C(C)C)cc3)OC2=O)cc1OCC. The molecule has 1 aliphatic heterocycles. The van der Waals surface area contributed by atoms with Gasteiger partial charge >= 0.3 is 11.9 Å². The number of ether oxygens (including phenoxy) is 3. The van der Waals surface area contributed by atoms with Gasteiger partial charge in [-0.05, 0) is 60.7 Å². The van der Waals surface area contributed by atoms with Gasteiger partial charge in [0.25, 0.3) is 0 Å². The van der Waals surface area contributed by atoms with Crippen molar-refractivity contribution in [3.05, 3.63) is 64.9 Å². The van der Waals surface area contributed by atoms with E-state index in [-0.39, 0.29) is 17.6 Å². The molecule has 1 heterocycles. The molecule has 1 aliphatic rings. The van der Waals surface area contributed by atoms with E-state index in [1.807, 2.05) is 38.1 Å². The molecule has 0 saturated carbocycles. The lowest BCUT2D eigenvalue weighted by Gasteiger charge is -2.11. The first kappa shape index (κ1) is 22.3. The van der Waals surface area contributed by atoms with Crippen molar-refractivity contribution in [1.82, 2.24) is 0 Å². The number of hydrogen-bond acceptors (Lipinski definition) is 6. The molecule has 0 aromatic heterocycles. The van der Waals surface area contributed by atoms with Gasteiger partial charge in [0.1, 0.15) is 0 Å². The van der Waals surface area contributed by atoms with Gasteiger partial charge in [0.15, 0.2) is 17.2 Å². The number of carbonyl (C=O) groups is 2. The summed E-state index contributed by atoms with van der Waals surface area (Å²) in [4.78, 5) is 28.5. The first-order valence-electron chi connectivity index (χ1n) is 10.5. The molecule has 6 nitrogen and oxygen atoms in total. The topological polar surface area (TPSA) is 74.2 Å². The fraction of sp³-hybridized carbons (Fsp3) is 0.320. The van der Waals surface area contributed by atoms with Crippen LogP contribution in [0, 0.1) is 0 Å². The van der Waals surface area contributed by atoms with Gasteiger partial charge in [0.2, 0.25) is 5.90 Å². The highest BCUT2D eigenvalue weighted by atomic mass is 16.6. The van der Waals surface area contributed by atoms with E-state index in [4.69, 9.17) is 14.2 Å². The van der Waals surface area contributed by atoms with Crippen LogP contribution >= 0.6 is 0 Å². The Morgan fingerprint density at radius 2 is 1.84 bits per heavy atom. The average molecular weight is 421 g/mol. The Balaban J connectivity index is 1.85. The maximum absolute atomic E-state index is 12.3. The molecule has 31 heavy (non-hydrogen) atoms. The van der Waals surface area contributed by atoms with Crippen molar-refractivity contribution < 1.29 is 23.8 Å². The predicted molar refractivity (Wildman–Crippen MR) is 119 cm³/mol. The van der Waals surface area contributed by atoms with E-state index in [9.17, 15) is 9.59 Å². The number of rotatable bonds is 8. The number of cyclic esters (lactones) is 1.